The molecule has 37 heavy (non-hydrogen) atoms. The summed E-state index contributed by atoms with van der Waals surface area (Å²) in [6.45, 7) is 0. The van der Waals surface area contributed by atoms with Crippen molar-refractivity contribution in [1.29, 1.82) is 0 Å². The summed E-state index contributed by atoms with van der Waals surface area (Å²) in [5.74, 6) is 0. The van der Waals surface area contributed by atoms with Gasteiger partial charge >= 0.3 is 0 Å². The fourth-order valence-electron chi connectivity index (χ4n) is 5.37. The van der Waals surface area contributed by atoms with Crippen molar-refractivity contribution in [2.75, 3.05) is 4.90 Å². The van der Waals surface area contributed by atoms with Crippen LogP contribution in [0.25, 0.3) is 54.6 Å². The van der Waals surface area contributed by atoms with Gasteiger partial charge in [0.2, 0.25) is 0 Å². The number of benzene rings is 4. The van der Waals surface area contributed by atoms with Gasteiger partial charge in [-0.2, -0.15) is 0 Å². The van der Waals surface area contributed by atoms with Crippen LogP contribution in [0, 0.1) is 0 Å². The summed E-state index contributed by atoms with van der Waals surface area (Å²) in [5, 5.41) is 6.35. The predicted octanol–water partition coefficient (Wildman–Crippen LogP) is 8.90. The van der Waals surface area contributed by atoms with Gasteiger partial charge < -0.3 is 13.7 Å². The number of hydrogen-bond acceptors (Lipinski definition) is 5. The van der Waals surface area contributed by atoms with E-state index in [1.54, 1.807) is 12.4 Å². The first-order valence-corrected chi connectivity index (χ1v) is 12.1. The molecule has 0 amide bonds. The Bertz CT molecular complexity index is 2120. The van der Waals surface area contributed by atoms with Gasteiger partial charge in [-0.05, 0) is 53.2 Å². The molecule has 0 aliphatic rings. The lowest BCUT2D eigenvalue weighted by atomic mass is 10.1. The van der Waals surface area contributed by atoms with Crippen LogP contribution in [0.3, 0.4) is 0 Å². The van der Waals surface area contributed by atoms with E-state index in [0.717, 1.165) is 66.3 Å². The number of anilines is 3. The highest BCUT2D eigenvalue weighted by Crippen LogP contribution is 2.46. The Morgan fingerprint density at radius 2 is 1.30 bits per heavy atom. The molecule has 5 heteroatoms. The zero-order valence-corrected chi connectivity index (χ0v) is 19.6. The van der Waals surface area contributed by atoms with Crippen LogP contribution in [-0.2, 0) is 0 Å². The third-order valence-electron chi connectivity index (χ3n) is 7.03. The SMILES string of the molecule is c1ccc2cc(N(c3cccc4c3oc3ccncc34)c3cccc4oc5ccncc5c34)ccc2c1. The minimum atomic E-state index is 0.807. The van der Waals surface area contributed by atoms with E-state index in [2.05, 4.69) is 81.6 Å². The van der Waals surface area contributed by atoms with Crippen LogP contribution in [0.15, 0.2) is 125 Å². The predicted molar refractivity (Wildman–Crippen MR) is 149 cm³/mol. The lowest BCUT2D eigenvalue weighted by Crippen LogP contribution is -2.10. The molecule has 0 radical (unpaired) electrons. The summed E-state index contributed by atoms with van der Waals surface area (Å²) in [6.07, 6.45) is 7.25. The van der Waals surface area contributed by atoms with Crippen molar-refractivity contribution in [3.8, 4) is 0 Å². The highest BCUT2D eigenvalue weighted by atomic mass is 16.3. The topological polar surface area (TPSA) is 55.3 Å². The molecule has 0 N–H and O–H groups in total. The molecule has 0 saturated carbocycles. The molecule has 4 heterocycles. The number of rotatable bonds is 3. The summed E-state index contributed by atoms with van der Waals surface area (Å²) < 4.78 is 12.7. The second kappa shape index (κ2) is 7.67. The molecule has 0 unspecified atom stereocenters. The standard InChI is InChI=1S/C32H19N3O2/c1-2-6-21-17-22(12-11-20(21)5-1)35(26-8-4-10-30-31(26)25-19-34-16-14-29(25)36-30)27-9-3-7-23-24-18-33-15-13-28(24)37-32(23)27/h1-19H. The van der Waals surface area contributed by atoms with E-state index in [4.69, 9.17) is 8.83 Å². The van der Waals surface area contributed by atoms with Crippen LogP contribution in [-0.4, -0.2) is 9.97 Å². The Labute approximate surface area is 211 Å². The Balaban J connectivity index is 1.50. The molecule has 174 valence electrons. The van der Waals surface area contributed by atoms with Crippen molar-refractivity contribution < 1.29 is 8.83 Å². The first-order valence-electron chi connectivity index (χ1n) is 12.1. The molecule has 4 aromatic carbocycles. The van der Waals surface area contributed by atoms with Gasteiger partial charge in [0.1, 0.15) is 16.7 Å². The van der Waals surface area contributed by atoms with Gasteiger partial charge in [-0.1, -0.05) is 48.5 Å². The van der Waals surface area contributed by atoms with E-state index in [0.29, 0.717) is 0 Å². The number of furan rings is 2. The zero-order chi connectivity index (χ0) is 24.3. The van der Waals surface area contributed by atoms with Crippen molar-refractivity contribution >= 4 is 71.7 Å². The average Bonchev–Trinajstić information content (AvgIpc) is 3.52. The highest BCUT2D eigenvalue weighted by molar-refractivity contribution is 6.16. The normalized spacial score (nSPS) is 11.8. The third-order valence-corrected chi connectivity index (χ3v) is 7.03. The van der Waals surface area contributed by atoms with Crippen LogP contribution in [0.4, 0.5) is 17.1 Å². The number of hydrogen-bond donors (Lipinski definition) is 0. The maximum Gasteiger partial charge on any atom is 0.159 e. The molecule has 0 fully saturated rings. The van der Waals surface area contributed by atoms with Crippen LogP contribution in [0.1, 0.15) is 0 Å². The lowest BCUT2D eigenvalue weighted by molar-refractivity contribution is 0.667. The fourth-order valence-corrected chi connectivity index (χ4v) is 5.37. The Morgan fingerprint density at radius 3 is 2.19 bits per heavy atom. The lowest BCUT2D eigenvalue weighted by Gasteiger charge is -2.26. The van der Waals surface area contributed by atoms with Crippen molar-refractivity contribution in [3.63, 3.8) is 0 Å². The number of nitrogens with zero attached hydrogens (tertiary/aromatic N) is 3. The van der Waals surface area contributed by atoms with Crippen LogP contribution >= 0.6 is 0 Å². The van der Waals surface area contributed by atoms with E-state index >= 15 is 0 Å². The largest absolute Gasteiger partial charge is 0.456 e. The average molecular weight is 478 g/mol. The Morgan fingerprint density at radius 1 is 0.541 bits per heavy atom. The van der Waals surface area contributed by atoms with Gasteiger partial charge in [0.15, 0.2) is 5.58 Å². The molecule has 0 aliphatic heterocycles. The van der Waals surface area contributed by atoms with Crippen molar-refractivity contribution in [1.82, 2.24) is 9.97 Å². The molecular weight excluding hydrogens is 458 g/mol. The van der Waals surface area contributed by atoms with Crippen molar-refractivity contribution in [3.05, 3.63) is 116 Å². The molecule has 0 atom stereocenters. The first kappa shape index (κ1) is 20.1. The van der Waals surface area contributed by atoms with Gasteiger partial charge in [0.05, 0.1) is 16.8 Å². The maximum absolute atomic E-state index is 6.46. The number of aromatic nitrogens is 2. The Hall–Kier alpha value is -5.16. The number of pyridine rings is 2. The van der Waals surface area contributed by atoms with Crippen molar-refractivity contribution in [2.45, 2.75) is 0 Å². The first-order chi connectivity index (χ1) is 18.3. The summed E-state index contributed by atoms with van der Waals surface area (Å²) in [4.78, 5) is 11.0. The van der Waals surface area contributed by atoms with E-state index in [1.807, 2.05) is 36.7 Å². The maximum atomic E-state index is 6.46. The molecular formula is C32H19N3O2. The van der Waals surface area contributed by atoms with Gasteiger partial charge in [0, 0.05) is 46.6 Å². The molecule has 8 aromatic rings. The molecule has 0 aliphatic carbocycles. The third kappa shape index (κ3) is 2.98. The second-order valence-electron chi connectivity index (χ2n) is 9.12. The van der Waals surface area contributed by atoms with E-state index < -0.39 is 0 Å². The molecule has 5 nitrogen and oxygen atoms in total. The summed E-state index contributed by atoms with van der Waals surface area (Å²) in [7, 11) is 0. The second-order valence-corrected chi connectivity index (χ2v) is 9.12. The molecule has 4 aromatic heterocycles. The minimum absolute atomic E-state index is 0.807. The molecule has 0 saturated heterocycles. The Kier molecular flexibility index (Phi) is 4.16. The highest BCUT2D eigenvalue weighted by Gasteiger charge is 2.23. The monoisotopic (exact) mass is 477 g/mol. The summed E-state index contributed by atoms with van der Waals surface area (Å²) in [6, 6.07) is 31.2. The van der Waals surface area contributed by atoms with Crippen molar-refractivity contribution in [2.24, 2.45) is 0 Å². The van der Waals surface area contributed by atoms with Gasteiger partial charge in [-0.15, -0.1) is 0 Å². The molecule has 8 rings (SSSR count). The van der Waals surface area contributed by atoms with E-state index in [1.165, 1.54) is 5.39 Å². The summed E-state index contributed by atoms with van der Waals surface area (Å²) >= 11 is 0. The zero-order valence-electron chi connectivity index (χ0n) is 19.6. The van der Waals surface area contributed by atoms with E-state index in [9.17, 15) is 0 Å². The molecule has 0 bridgehead atoms. The van der Waals surface area contributed by atoms with Gasteiger partial charge in [-0.3, -0.25) is 9.97 Å². The quantitative estimate of drug-likeness (QED) is 0.254. The van der Waals surface area contributed by atoms with Crippen LogP contribution in [0.2, 0.25) is 0 Å². The van der Waals surface area contributed by atoms with Gasteiger partial charge in [0.25, 0.3) is 0 Å². The van der Waals surface area contributed by atoms with Crippen LogP contribution < -0.4 is 4.90 Å². The van der Waals surface area contributed by atoms with E-state index in [-0.39, 0.29) is 0 Å². The number of para-hydroxylation sites is 1. The fraction of sp³-hybridized carbons (Fsp3) is 0. The number of fused-ring (bicyclic) bond motifs is 7. The summed E-state index contributed by atoms with van der Waals surface area (Å²) in [5.41, 5.74) is 6.20. The smallest absolute Gasteiger partial charge is 0.159 e. The van der Waals surface area contributed by atoms with Gasteiger partial charge in [-0.25, -0.2) is 0 Å². The molecule has 0 spiro atoms. The minimum Gasteiger partial charge on any atom is -0.456 e. The van der Waals surface area contributed by atoms with Crippen LogP contribution in [0.5, 0.6) is 0 Å².